The summed E-state index contributed by atoms with van der Waals surface area (Å²) in [5, 5.41) is 7.91. The lowest BCUT2D eigenvalue weighted by atomic mass is 9.85. The third-order valence-electron chi connectivity index (χ3n) is 5.76. The number of nitrogens with one attached hydrogen (secondary N) is 1. The maximum absolute atomic E-state index is 12.8. The maximum Gasteiger partial charge on any atom is 0.260 e. The van der Waals surface area contributed by atoms with Gasteiger partial charge in [-0.15, -0.1) is 5.10 Å². The number of carbonyl (C=O) groups excluding carboxylic acids is 2. The van der Waals surface area contributed by atoms with Gasteiger partial charge in [-0.2, -0.15) is 4.98 Å². The van der Waals surface area contributed by atoms with E-state index in [1.165, 1.54) is 4.90 Å². The molecule has 2 aliphatic heterocycles. The van der Waals surface area contributed by atoms with E-state index in [-0.39, 0.29) is 41.7 Å². The zero-order valence-electron chi connectivity index (χ0n) is 15.1. The minimum absolute atomic E-state index is 0.0236. The molecule has 1 N–H and O–H groups in total. The Balaban J connectivity index is 1.53. The van der Waals surface area contributed by atoms with Gasteiger partial charge in [-0.3, -0.25) is 9.59 Å². The molecule has 0 spiro atoms. The van der Waals surface area contributed by atoms with Gasteiger partial charge in [0.05, 0.1) is 17.9 Å². The van der Waals surface area contributed by atoms with E-state index in [2.05, 4.69) is 34.5 Å². The van der Waals surface area contributed by atoms with Crippen LogP contribution in [0, 0.1) is 11.8 Å². The van der Waals surface area contributed by atoms with Crippen molar-refractivity contribution in [1.82, 2.24) is 14.8 Å². The summed E-state index contributed by atoms with van der Waals surface area (Å²) in [4.78, 5) is 31.4. The molecule has 4 atom stereocenters. The largest absolute Gasteiger partial charge is 0.352 e. The Morgan fingerprint density at radius 1 is 1.04 bits per heavy atom. The maximum atomic E-state index is 12.8. The number of rotatable bonds is 2. The molecule has 0 bridgehead atoms. The number of amides is 2. The third kappa shape index (κ3) is 2.49. The number of aromatic nitrogens is 3. The highest BCUT2D eigenvalue weighted by Crippen LogP contribution is 2.38. The number of benzene rings is 1. The summed E-state index contributed by atoms with van der Waals surface area (Å²) in [6, 6.07) is 10.4. The van der Waals surface area contributed by atoms with Crippen LogP contribution in [-0.4, -0.2) is 32.6 Å². The van der Waals surface area contributed by atoms with Crippen molar-refractivity contribution < 1.29 is 9.59 Å². The number of imide groups is 1. The molecule has 3 aliphatic rings. The van der Waals surface area contributed by atoms with E-state index in [0.29, 0.717) is 18.8 Å². The van der Waals surface area contributed by atoms with Gasteiger partial charge in [0.2, 0.25) is 17.8 Å². The van der Waals surface area contributed by atoms with Crippen molar-refractivity contribution >= 4 is 23.7 Å². The van der Waals surface area contributed by atoms with Crippen LogP contribution in [0.5, 0.6) is 0 Å². The van der Waals surface area contributed by atoms with Gasteiger partial charge < -0.3 is 5.32 Å². The van der Waals surface area contributed by atoms with E-state index < -0.39 is 0 Å². The summed E-state index contributed by atoms with van der Waals surface area (Å²) in [6.07, 6.45) is 6.05. The van der Waals surface area contributed by atoms with E-state index in [0.717, 1.165) is 12.0 Å². The van der Waals surface area contributed by atoms with Crippen LogP contribution in [-0.2, 0) is 9.59 Å². The Kier molecular flexibility index (Phi) is 3.63. The van der Waals surface area contributed by atoms with Gasteiger partial charge in [-0.1, -0.05) is 42.5 Å². The normalized spacial score (nSPS) is 29.4. The molecule has 0 radical (unpaired) electrons. The van der Waals surface area contributed by atoms with Crippen molar-refractivity contribution in [3.8, 4) is 0 Å². The molecule has 1 saturated heterocycles. The van der Waals surface area contributed by atoms with Crippen LogP contribution >= 0.6 is 0 Å². The first-order chi connectivity index (χ1) is 13.1. The lowest BCUT2D eigenvalue weighted by Crippen LogP contribution is -2.32. The van der Waals surface area contributed by atoms with E-state index in [1.807, 2.05) is 35.0 Å². The molecule has 27 heavy (non-hydrogen) atoms. The Labute approximate surface area is 157 Å². The van der Waals surface area contributed by atoms with Crippen LogP contribution in [0.15, 0.2) is 42.5 Å². The highest BCUT2D eigenvalue weighted by Gasteiger charge is 2.49. The second-order valence-electron chi connectivity index (χ2n) is 7.56. The summed E-state index contributed by atoms with van der Waals surface area (Å²) >= 11 is 0. The van der Waals surface area contributed by atoms with Gasteiger partial charge in [-0.05, 0) is 31.7 Å². The molecule has 1 fully saturated rings. The number of nitrogens with zero attached hydrogens (tertiary/aromatic N) is 4. The molecule has 0 saturated carbocycles. The highest BCUT2D eigenvalue weighted by molar-refractivity contribution is 6.21. The lowest BCUT2D eigenvalue weighted by molar-refractivity contribution is -0.122. The third-order valence-corrected chi connectivity index (χ3v) is 5.76. The summed E-state index contributed by atoms with van der Waals surface area (Å²) in [5.74, 6) is -0.119. The van der Waals surface area contributed by atoms with Crippen LogP contribution in [0.3, 0.4) is 0 Å². The topological polar surface area (TPSA) is 80.1 Å². The van der Waals surface area contributed by atoms with Crippen LogP contribution < -0.4 is 10.2 Å². The molecule has 5 rings (SSSR count). The molecule has 7 nitrogen and oxygen atoms in total. The Bertz CT molecular complexity index is 909. The summed E-state index contributed by atoms with van der Waals surface area (Å²) < 4.78 is 1.81. The number of anilines is 2. The first-order valence-corrected chi connectivity index (χ1v) is 9.44. The molecule has 2 aromatic rings. The number of allylic oxidation sites excluding steroid dienone is 2. The predicted molar refractivity (Wildman–Crippen MR) is 100 cm³/mol. The van der Waals surface area contributed by atoms with E-state index in [1.54, 1.807) is 0 Å². The van der Waals surface area contributed by atoms with Gasteiger partial charge in [-0.25, -0.2) is 9.58 Å². The molecule has 1 aromatic heterocycles. The van der Waals surface area contributed by atoms with Gasteiger partial charge in [0, 0.05) is 6.04 Å². The van der Waals surface area contributed by atoms with E-state index >= 15 is 0 Å². The van der Waals surface area contributed by atoms with Gasteiger partial charge >= 0.3 is 0 Å². The fourth-order valence-corrected chi connectivity index (χ4v) is 4.39. The zero-order chi connectivity index (χ0) is 18.5. The average Bonchev–Trinajstić information content (AvgIpc) is 3.21. The smallest absolute Gasteiger partial charge is 0.260 e. The summed E-state index contributed by atoms with van der Waals surface area (Å²) in [7, 11) is 0. The quantitative estimate of drug-likeness (QED) is 0.655. The predicted octanol–water partition coefficient (Wildman–Crippen LogP) is 2.53. The number of hydrogen-bond donors (Lipinski definition) is 1. The monoisotopic (exact) mass is 363 g/mol. The van der Waals surface area contributed by atoms with Crippen molar-refractivity contribution in [2.45, 2.75) is 38.3 Å². The molecular formula is C20H21N5O2. The molecule has 1 aliphatic carbocycles. The minimum Gasteiger partial charge on any atom is -0.352 e. The fourth-order valence-electron chi connectivity index (χ4n) is 4.39. The van der Waals surface area contributed by atoms with Crippen LogP contribution in [0.1, 0.15) is 37.8 Å². The van der Waals surface area contributed by atoms with E-state index in [9.17, 15) is 9.59 Å². The summed E-state index contributed by atoms with van der Waals surface area (Å²) in [5.41, 5.74) is 1.14. The number of fused-ring (bicyclic) bond motifs is 2. The van der Waals surface area contributed by atoms with Crippen molar-refractivity contribution in [1.29, 1.82) is 0 Å². The molecule has 138 valence electrons. The molecule has 1 aromatic carbocycles. The first kappa shape index (κ1) is 16.2. The van der Waals surface area contributed by atoms with Crippen molar-refractivity contribution in [2.75, 3.05) is 10.2 Å². The summed E-state index contributed by atoms with van der Waals surface area (Å²) in [6.45, 7) is 2.10. The number of carbonyl (C=O) groups is 2. The molecular weight excluding hydrogens is 342 g/mol. The van der Waals surface area contributed by atoms with Crippen LogP contribution in [0.25, 0.3) is 0 Å². The zero-order valence-corrected chi connectivity index (χ0v) is 15.1. The van der Waals surface area contributed by atoms with Crippen LogP contribution in [0.2, 0.25) is 0 Å². The molecule has 0 unspecified atom stereocenters. The fraction of sp³-hybridized carbons (Fsp3) is 0.400. The van der Waals surface area contributed by atoms with Gasteiger partial charge in [0.25, 0.3) is 5.95 Å². The second kappa shape index (κ2) is 6.04. The first-order valence-electron chi connectivity index (χ1n) is 9.44. The standard InChI is InChI=1S/C20H21N5O2/c1-12-11-16(13-7-3-2-4-8-13)25-19(21-12)22-20(23-25)24-17(26)14-9-5-6-10-15(14)18(24)27/h2-8,12,14-16H,9-11H2,1H3,(H,21,22,23)/t12-,14-,15-,16+/m0/s1. The van der Waals surface area contributed by atoms with Gasteiger partial charge in [0.15, 0.2) is 0 Å². The number of hydrogen-bond acceptors (Lipinski definition) is 5. The van der Waals surface area contributed by atoms with Gasteiger partial charge in [0.1, 0.15) is 0 Å². The van der Waals surface area contributed by atoms with E-state index in [4.69, 9.17) is 0 Å². The minimum atomic E-state index is -0.278. The lowest BCUT2D eigenvalue weighted by Gasteiger charge is -2.29. The van der Waals surface area contributed by atoms with Crippen molar-refractivity contribution in [3.05, 3.63) is 48.0 Å². The highest BCUT2D eigenvalue weighted by atomic mass is 16.2. The molecule has 2 amide bonds. The average molecular weight is 363 g/mol. The second-order valence-corrected chi connectivity index (χ2v) is 7.56. The Morgan fingerprint density at radius 3 is 2.37 bits per heavy atom. The van der Waals surface area contributed by atoms with Crippen LogP contribution in [0.4, 0.5) is 11.9 Å². The van der Waals surface area contributed by atoms with Crippen molar-refractivity contribution in [3.63, 3.8) is 0 Å². The SMILES string of the molecule is C[C@H]1C[C@H](c2ccccc2)n2nc(N3C(=O)[C@H]4CC=CC[C@@H]4C3=O)nc2N1. The Morgan fingerprint density at radius 2 is 1.70 bits per heavy atom. The molecule has 7 heteroatoms. The van der Waals surface area contributed by atoms with Crippen molar-refractivity contribution in [2.24, 2.45) is 11.8 Å². The molecule has 3 heterocycles. The Hall–Kier alpha value is -2.96.